The van der Waals surface area contributed by atoms with Crippen LogP contribution in [0.3, 0.4) is 0 Å². The van der Waals surface area contributed by atoms with E-state index in [0.29, 0.717) is 12.0 Å². The Labute approximate surface area is 153 Å². The Bertz CT molecular complexity index is 927. The zero-order chi connectivity index (χ0) is 18.7. The maximum Gasteiger partial charge on any atom is 0.314 e. The van der Waals surface area contributed by atoms with Crippen molar-refractivity contribution in [3.05, 3.63) is 71.4 Å². The van der Waals surface area contributed by atoms with Gasteiger partial charge < -0.3 is 9.72 Å². The molecule has 0 bridgehead atoms. The van der Waals surface area contributed by atoms with Gasteiger partial charge in [0.15, 0.2) is 6.10 Å². The van der Waals surface area contributed by atoms with E-state index in [1.54, 1.807) is 6.92 Å². The number of fused-ring (bicyclic) bond motifs is 1. The van der Waals surface area contributed by atoms with Gasteiger partial charge in [-0.15, -0.1) is 0 Å². The highest BCUT2D eigenvalue weighted by Gasteiger charge is 2.27. The van der Waals surface area contributed by atoms with Crippen LogP contribution in [0.15, 0.2) is 54.6 Å². The molecule has 3 rings (SSSR count). The fourth-order valence-electron chi connectivity index (χ4n) is 3.33. The molecule has 0 saturated carbocycles. The molecule has 4 heteroatoms. The summed E-state index contributed by atoms with van der Waals surface area (Å²) >= 11 is 0. The highest BCUT2D eigenvalue weighted by Crippen LogP contribution is 2.25. The summed E-state index contributed by atoms with van der Waals surface area (Å²) in [4.78, 5) is 28.8. The number of aromatic nitrogens is 1. The first-order valence-electron chi connectivity index (χ1n) is 8.89. The van der Waals surface area contributed by atoms with Crippen LogP contribution in [0.1, 0.15) is 47.8 Å². The van der Waals surface area contributed by atoms with Crippen molar-refractivity contribution in [2.24, 2.45) is 0 Å². The van der Waals surface area contributed by atoms with Crippen molar-refractivity contribution in [1.82, 2.24) is 4.98 Å². The molecule has 1 heterocycles. The van der Waals surface area contributed by atoms with E-state index in [1.165, 1.54) is 0 Å². The fourth-order valence-corrected chi connectivity index (χ4v) is 3.33. The van der Waals surface area contributed by atoms with Crippen molar-refractivity contribution in [3.8, 4) is 0 Å². The molecular weight excluding hydrogens is 326 g/mol. The van der Waals surface area contributed by atoms with Crippen molar-refractivity contribution in [3.63, 3.8) is 0 Å². The molecular formula is C22H23NO3. The number of carbonyl (C=O) groups excluding carboxylic acids is 2. The summed E-state index contributed by atoms with van der Waals surface area (Å²) in [6.45, 7) is 5.44. The number of ether oxygens (including phenoxy) is 1. The molecule has 0 radical (unpaired) electrons. The van der Waals surface area contributed by atoms with Gasteiger partial charge in [-0.3, -0.25) is 9.59 Å². The van der Waals surface area contributed by atoms with Crippen molar-refractivity contribution < 1.29 is 14.3 Å². The van der Waals surface area contributed by atoms with E-state index in [-0.39, 0.29) is 17.7 Å². The van der Waals surface area contributed by atoms with Crippen molar-refractivity contribution in [2.45, 2.75) is 39.2 Å². The summed E-state index contributed by atoms with van der Waals surface area (Å²) in [5.74, 6) is -0.913. The zero-order valence-corrected chi connectivity index (χ0v) is 15.3. The molecule has 0 fully saturated rings. The summed E-state index contributed by atoms with van der Waals surface area (Å²) in [7, 11) is 0. The molecule has 0 spiro atoms. The van der Waals surface area contributed by atoms with E-state index in [1.807, 2.05) is 68.4 Å². The Morgan fingerprint density at radius 1 is 1.04 bits per heavy atom. The number of rotatable bonds is 6. The lowest BCUT2D eigenvalue weighted by atomic mass is 9.96. The Morgan fingerprint density at radius 2 is 1.69 bits per heavy atom. The molecule has 1 aromatic heterocycles. The van der Waals surface area contributed by atoms with Crippen molar-refractivity contribution in [2.75, 3.05) is 0 Å². The molecule has 26 heavy (non-hydrogen) atoms. The highest BCUT2D eigenvalue weighted by atomic mass is 16.5. The second kappa shape index (κ2) is 7.56. The molecule has 134 valence electrons. The van der Waals surface area contributed by atoms with Crippen LogP contribution in [0.25, 0.3) is 10.9 Å². The first kappa shape index (κ1) is 17.9. The molecule has 0 saturated heterocycles. The van der Waals surface area contributed by atoms with Gasteiger partial charge in [0.05, 0.1) is 5.92 Å². The van der Waals surface area contributed by atoms with E-state index in [2.05, 4.69) is 4.98 Å². The molecule has 0 amide bonds. The molecule has 3 aromatic rings. The predicted molar refractivity (Wildman–Crippen MR) is 102 cm³/mol. The van der Waals surface area contributed by atoms with Crippen molar-refractivity contribution in [1.29, 1.82) is 0 Å². The summed E-state index contributed by atoms with van der Waals surface area (Å²) in [5.41, 5.74) is 3.19. The number of aryl methyl sites for hydroxylation is 1. The van der Waals surface area contributed by atoms with Crippen LogP contribution in [0.5, 0.6) is 0 Å². The average molecular weight is 349 g/mol. The third-order valence-electron chi connectivity index (χ3n) is 4.70. The van der Waals surface area contributed by atoms with Gasteiger partial charge in [0.25, 0.3) is 0 Å². The molecule has 2 atom stereocenters. The standard InChI is InChI=1S/C22H23NO3/c1-4-17(16-10-6-5-7-11-16)22(25)26-15(3)21(24)20-14(2)23-19-13-9-8-12-18(19)20/h5-13,15,17,23H,4H2,1-3H3/t15-,17-/m1/s1. The highest BCUT2D eigenvalue weighted by molar-refractivity contribution is 6.11. The number of nitrogens with one attached hydrogen (secondary N) is 1. The third-order valence-corrected chi connectivity index (χ3v) is 4.70. The summed E-state index contributed by atoms with van der Waals surface area (Å²) in [6, 6.07) is 17.2. The summed E-state index contributed by atoms with van der Waals surface area (Å²) < 4.78 is 5.54. The second-order valence-electron chi connectivity index (χ2n) is 6.49. The number of esters is 1. The number of hydrogen-bond donors (Lipinski definition) is 1. The molecule has 1 N–H and O–H groups in total. The normalized spacial score (nSPS) is 13.3. The molecule has 4 nitrogen and oxygen atoms in total. The smallest absolute Gasteiger partial charge is 0.314 e. The van der Waals surface area contributed by atoms with Crippen LogP contribution in [-0.4, -0.2) is 22.8 Å². The van der Waals surface area contributed by atoms with Gasteiger partial charge >= 0.3 is 5.97 Å². The van der Waals surface area contributed by atoms with E-state index < -0.39 is 6.10 Å². The number of hydrogen-bond acceptors (Lipinski definition) is 3. The van der Waals surface area contributed by atoms with Gasteiger partial charge in [0.1, 0.15) is 0 Å². The van der Waals surface area contributed by atoms with Crippen LogP contribution < -0.4 is 0 Å². The van der Waals surface area contributed by atoms with Crippen LogP contribution in [0.2, 0.25) is 0 Å². The van der Waals surface area contributed by atoms with Gasteiger partial charge in [-0.25, -0.2) is 0 Å². The van der Waals surface area contributed by atoms with Gasteiger partial charge in [0.2, 0.25) is 5.78 Å². The number of aromatic amines is 1. The maximum atomic E-state index is 12.9. The minimum absolute atomic E-state index is 0.184. The predicted octanol–water partition coefficient (Wildman–Crippen LogP) is 4.78. The van der Waals surface area contributed by atoms with Crippen LogP contribution in [-0.2, 0) is 9.53 Å². The van der Waals surface area contributed by atoms with Gasteiger partial charge in [-0.05, 0) is 31.9 Å². The number of carbonyl (C=O) groups is 2. The topological polar surface area (TPSA) is 59.2 Å². The molecule has 0 aliphatic heterocycles. The van der Waals surface area contributed by atoms with Crippen LogP contribution in [0.4, 0.5) is 0 Å². The van der Waals surface area contributed by atoms with E-state index >= 15 is 0 Å². The lowest BCUT2D eigenvalue weighted by Gasteiger charge is -2.18. The quantitative estimate of drug-likeness (QED) is 0.514. The maximum absolute atomic E-state index is 12.9. The lowest BCUT2D eigenvalue weighted by Crippen LogP contribution is -2.27. The average Bonchev–Trinajstić information content (AvgIpc) is 2.98. The van der Waals surface area contributed by atoms with E-state index in [9.17, 15) is 9.59 Å². The number of benzene rings is 2. The molecule has 0 unspecified atom stereocenters. The largest absolute Gasteiger partial charge is 0.454 e. The minimum atomic E-state index is -0.835. The SMILES string of the molecule is CC[C@@H](C(=O)O[C@H](C)C(=O)c1c(C)[nH]c2ccccc12)c1ccccc1. The summed E-state index contributed by atoms with van der Waals surface area (Å²) in [6.07, 6.45) is -0.214. The van der Waals surface area contributed by atoms with Gasteiger partial charge in [-0.2, -0.15) is 0 Å². The van der Waals surface area contributed by atoms with Crippen LogP contribution in [0, 0.1) is 6.92 Å². The van der Waals surface area contributed by atoms with Gasteiger partial charge in [-0.1, -0.05) is 55.5 Å². The monoisotopic (exact) mass is 349 g/mol. The number of ketones is 1. The Kier molecular flexibility index (Phi) is 5.21. The minimum Gasteiger partial charge on any atom is -0.454 e. The third kappa shape index (κ3) is 3.40. The fraction of sp³-hybridized carbons (Fsp3) is 0.273. The molecule has 0 aliphatic carbocycles. The number of Topliss-reactive ketones (excluding diaryl/α,β-unsaturated/α-hetero) is 1. The molecule has 0 aliphatic rings. The second-order valence-corrected chi connectivity index (χ2v) is 6.49. The van der Waals surface area contributed by atoms with Crippen LogP contribution >= 0.6 is 0 Å². The molecule has 2 aromatic carbocycles. The number of H-pyrrole nitrogens is 1. The Morgan fingerprint density at radius 3 is 2.38 bits per heavy atom. The lowest BCUT2D eigenvalue weighted by molar-refractivity contribution is -0.148. The first-order chi connectivity index (χ1) is 12.5. The number of para-hydroxylation sites is 1. The Balaban J connectivity index is 1.80. The van der Waals surface area contributed by atoms with Crippen molar-refractivity contribution >= 4 is 22.7 Å². The van der Waals surface area contributed by atoms with Gasteiger partial charge in [0, 0.05) is 22.2 Å². The van der Waals surface area contributed by atoms with E-state index in [4.69, 9.17) is 4.74 Å². The van der Waals surface area contributed by atoms with E-state index in [0.717, 1.165) is 22.2 Å². The Hall–Kier alpha value is -2.88. The zero-order valence-electron chi connectivity index (χ0n) is 15.3. The first-order valence-corrected chi connectivity index (χ1v) is 8.89. The summed E-state index contributed by atoms with van der Waals surface area (Å²) in [5, 5.41) is 0.855.